The second-order valence-corrected chi connectivity index (χ2v) is 10.8. The van der Waals surface area contributed by atoms with Crippen molar-refractivity contribution in [3.05, 3.63) is 30.0 Å². The third-order valence-electron chi connectivity index (χ3n) is 8.37. The van der Waals surface area contributed by atoms with Gasteiger partial charge in [-0.2, -0.15) is 0 Å². The van der Waals surface area contributed by atoms with E-state index in [1.807, 2.05) is 40.7 Å². The van der Waals surface area contributed by atoms with E-state index in [0.29, 0.717) is 18.8 Å². The Morgan fingerprint density at radius 1 is 1.06 bits per heavy atom. The minimum Gasteiger partial charge on any atom is -0.497 e. The van der Waals surface area contributed by atoms with Crippen LogP contribution in [0, 0.1) is 0 Å². The topological polar surface area (TPSA) is 66.8 Å². The SMILES string of the molecule is COc1ccc2cc3n(c2c1)C[C@@](C)(C(=O)NC1CCCCC1)N(CCCN1CCCCC1)C3=O. The zero-order valence-electron chi connectivity index (χ0n) is 21.4. The van der Waals surface area contributed by atoms with Gasteiger partial charge in [0.05, 0.1) is 19.2 Å². The van der Waals surface area contributed by atoms with E-state index in [9.17, 15) is 9.59 Å². The van der Waals surface area contributed by atoms with Gasteiger partial charge in [0.2, 0.25) is 5.91 Å². The van der Waals surface area contributed by atoms with E-state index in [4.69, 9.17) is 4.74 Å². The van der Waals surface area contributed by atoms with Gasteiger partial charge in [-0.15, -0.1) is 0 Å². The lowest BCUT2D eigenvalue weighted by Gasteiger charge is -2.45. The first-order valence-corrected chi connectivity index (χ1v) is 13.5. The third kappa shape index (κ3) is 4.80. The number of nitrogens with one attached hydrogen (secondary N) is 1. The van der Waals surface area contributed by atoms with Crippen molar-refractivity contribution in [3.8, 4) is 5.75 Å². The number of likely N-dealkylation sites (tertiary alicyclic amines) is 1. The largest absolute Gasteiger partial charge is 0.497 e. The molecule has 2 aliphatic heterocycles. The number of nitrogens with zero attached hydrogens (tertiary/aromatic N) is 3. The highest BCUT2D eigenvalue weighted by molar-refractivity contribution is 6.03. The maximum absolute atomic E-state index is 13.9. The summed E-state index contributed by atoms with van der Waals surface area (Å²) < 4.78 is 7.48. The molecule has 3 heterocycles. The van der Waals surface area contributed by atoms with Crippen LogP contribution in [0.2, 0.25) is 0 Å². The summed E-state index contributed by atoms with van der Waals surface area (Å²) in [4.78, 5) is 32.1. The van der Waals surface area contributed by atoms with E-state index in [-0.39, 0.29) is 17.9 Å². The maximum Gasteiger partial charge on any atom is 0.271 e. The van der Waals surface area contributed by atoms with Gasteiger partial charge in [0.15, 0.2) is 0 Å². The lowest BCUT2D eigenvalue weighted by Crippen LogP contribution is -2.65. The van der Waals surface area contributed by atoms with E-state index in [1.165, 1.54) is 25.7 Å². The van der Waals surface area contributed by atoms with Crippen molar-refractivity contribution >= 4 is 22.7 Å². The monoisotopic (exact) mass is 480 g/mol. The highest BCUT2D eigenvalue weighted by Gasteiger charge is 2.48. The average molecular weight is 481 g/mol. The minimum absolute atomic E-state index is 0.0221. The molecule has 0 unspecified atom stereocenters. The normalized spacial score (nSPS) is 23.9. The van der Waals surface area contributed by atoms with Crippen molar-refractivity contribution in [1.82, 2.24) is 19.7 Å². The maximum atomic E-state index is 13.9. The fourth-order valence-electron chi connectivity index (χ4n) is 6.23. The van der Waals surface area contributed by atoms with Crippen LogP contribution in [0.4, 0.5) is 0 Å². The number of benzene rings is 1. The molecule has 7 nitrogen and oxygen atoms in total. The molecule has 0 radical (unpaired) electrons. The Labute approximate surface area is 208 Å². The lowest BCUT2D eigenvalue weighted by atomic mass is 9.91. The van der Waals surface area contributed by atoms with Crippen LogP contribution in [0.1, 0.15) is 75.2 Å². The van der Waals surface area contributed by atoms with Gasteiger partial charge in [0.1, 0.15) is 17.0 Å². The first-order valence-electron chi connectivity index (χ1n) is 13.5. The van der Waals surface area contributed by atoms with Gasteiger partial charge in [0, 0.05) is 24.0 Å². The van der Waals surface area contributed by atoms with Crippen LogP contribution in [0.5, 0.6) is 5.75 Å². The summed E-state index contributed by atoms with van der Waals surface area (Å²) in [5.74, 6) is 0.681. The molecule has 3 aliphatic rings. The van der Waals surface area contributed by atoms with Crippen molar-refractivity contribution in [3.63, 3.8) is 0 Å². The Kier molecular flexibility index (Phi) is 7.05. The van der Waals surface area contributed by atoms with Crippen LogP contribution in [0.3, 0.4) is 0 Å². The first-order chi connectivity index (χ1) is 17.0. The summed E-state index contributed by atoms with van der Waals surface area (Å²) in [6.07, 6.45) is 10.3. The van der Waals surface area contributed by atoms with Gasteiger partial charge in [-0.25, -0.2) is 0 Å². The second-order valence-electron chi connectivity index (χ2n) is 10.8. The lowest BCUT2D eigenvalue weighted by molar-refractivity contribution is -0.133. The fraction of sp³-hybridized carbons (Fsp3) is 0.643. The number of hydrogen-bond donors (Lipinski definition) is 1. The number of ether oxygens (including phenoxy) is 1. The molecule has 1 saturated carbocycles. The standard InChI is InChI=1S/C28H40N4O3/c1-28(27(34)29-22-10-5-3-6-11-22)20-31-24-19-23(35-2)13-12-21(24)18-25(31)26(33)32(28)17-9-16-30-14-7-4-8-15-30/h12-13,18-19,22H,3-11,14-17,20H2,1-2H3,(H,29,34)/t28-/m0/s1. The van der Waals surface area contributed by atoms with E-state index < -0.39 is 5.54 Å². The molecule has 2 aromatic rings. The molecule has 35 heavy (non-hydrogen) atoms. The van der Waals surface area contributed by atoms with Crippen molar-refractivity contribution in [2.75, 3.05) is 33.3 Å². The zero-order valence-corrected chi connectivity index (χ0v) is 21.4. The molecule has 2 fully saturated rings. The predicted octanol–water partition coefficient (Wildman–Crippen LogP) is 4.19. The number of piperidine rings is 1. The Balaban J connectivity index is 1.43. The molecule has 1 aromatic carbocycles. The quantitative estimate of drug-likeness (QED) is 0.645. The predicted molar refractivity (Wildman–Crippen MR) is 138 cm³/mol. The van der Waals surface area contributed by atoms with Gasteiger partial charge < -0.3 is 24.4 Å². The summed E-state index contributed by atoms with van der Waals surface area (Å²) in [6, 6.07) is 8.06. The summed E-state index contributed by atoms with van der Waals surface area (Å²) in [5, 5.41) is 4.33. The van der Waals surface area contributed by atoms with E-state index in [0.717, 1.165) is 68.4 Å². The number of fused-ring (bicyclic) bond motifs is 3. The van der Waals surface area contributed by atoms with Gasteiger partial charge in [0.25, 0.3) is 5.91 Å². The fourth-order valence-corrected chi connectivity index (χ4v) is 6.23. The van der Waals surface area contributed by atoms with Gasteiger partial charge >= 0.3 is 0 Å². The van der Waals surface area contributed by atoms with Crippen LogP contribution in [0.15, 0.2) is 24.3 Å². The van der Waals surface area contributed by atoms with Gasteiger partial charge in [-0.1, -0.05) is 25.7 Å². The third-order valence-corrected chi connectivity index (χ3v) is 8.37. The summed E-state index contributed by atoms with van der Waals surface area (Å²) in [7, 11) is 1.65. The number of methoxy groups -OCH3 is 1. The number of aromatic nitrogens is 1. The Morgan fingerprint density at radius 2 is 1.80 bits per heavy atom. The molecule has 1 saturated heterocycles. The molecule has 1 atom stereocenters. The number of rotatable bonds is 7. The Hall–Kier alpha value is -2.54. The molecular formula is C28H40N4O3. The molecule has 1 aromatic heterocycles. The zero-order chi connectivity index (χ0) is 24.4. The number of hydrogen-bond acceptors (Lipinski definition) is 4. The summed E-state index contributed by atoms with van der Waals surface area (Å²) in [5.41, 5.74) is 0.671. The van der Waals surface area contributed by atoms with Crippen molar-refractivity contribution < 1.29 is 14.3 Å². The van der Waals surface area contributed by atoms with Gasteiger partial charge in [-0.3, -0.25) is 9.59 Å². The van der Waals surface area contributed by atoms with E-state index in [1.54, 1.807) is 7.11 Å². The van der Waals surface area contributed by atoms with E-state index >= 15 is 0 Å². The number of carbonyl (C=O) groups is 2. The molecule has 0 bridgehead atoms. The smallest absolute Gasteiger partial charge is 0.271 e. The molecule has 7 heteroatoms. The molecular weight excluding hydrogens is 440 g/mol. The second kappa shape index (κ2) is 10.2. The average Bonchev–Trinajstić information content (AvgIpc) is 3.24. The van der Waals surface area contributed by atoms with Gasteiger partial charge in [-0.05, 0) is 76.9 Å². The first kappa shape index (κ1) is 24.2. The number of carbonyl (C=O) groups excluding carboxylic acids is 2. The van der Waals surface area contributed by atoms with Crippen LogP contribution in [-0.4, -0.2) is 71.1 Å². The van der Waals surface area contributed by atoms with Crippen molar-refractivity contribution in [2.24, 2.45) is 0 Å². The summed E-state index contributed by atoms with van der Waals surface area (Å²) >= 11 is 0. The van der Waals surface area contributed by atoms with Crippen molar-refractivity contribution in [2.45, 2.75) is 82.8 Å². The van der Waals surface area contributed by atoms with Crippen molar-refractivity contribution in [1.29, 1.82) is 0 Å². The van der Waals surface area contributed by atoms with Crippen LogP contribution < -0.4 is 10.1 Å². The molecule has 1 aliphatic carbocycles. The van der Waals surface area contributed by atoms with Crippen LogP contribution >= 0.6 is 0 Å². The van der Waals surface area contributed by atoms with Crippen LogP contribution in [0.25, 0.3) is 10.9 Å². The van der Waals surface area contributed by atoms with Crippen LogP contribution in [-0.2, 0) is 11.3 Å². The molecule has 2 amide bonds. The van der Waals surface area contributed by atoms with E-state index in [2.05, 4.69) is 10.2 Å². The highest BCUT2D eigenvalue weighted by atomic mass is 16.5. The number of amides is 2. The molecule has 1 N–H and O–H groups in total. The minimum atomic E-state index is -0.932. The molecule has 190 valence electrons. The Morgan fingerprint density at radius 3 is 2.54 bits per heavy atom. The summed E-state index contributed by atoms with van der Waals surface area (Å²) in [6.45, 7) is 6.26. The molecule has 5 rings (SSSR count). The molecule has 0 spiro atoms. The highest BCUT2D eigenvalue weighted by Crippen LogP contribution is 2.34. The Bertz CT molecular complexity index is 1070.